The molecule has 0 radical (unpaired) electrons. The second-order valence-corrected chi connectivity index (χ2v) is 6.82. The van der Waals surface area contributed by atoms with Crippen LogP contribution in [0.3, 0.4) is 0 Å². The zero-order valence-electron chi connectivity index (χ0n) is 13.2. The number of piperidine rings is 1. The third-order valence-electron chi connectivity index (χ3n) is 4.39. The molecule has 0 unspecified atom stereocenters. The van der Waals surface area contributed by atoms with Crippen LogP contribution in [0.1, 0.15) is 34.5 Å². The van der Waals surface area contributed by atoms with E-state index in [1.807, 2.05) is 25.1 Å². The third kappa shape index (κ3) is 2.79. The van der Waals surface area contributed by atoms with Crippen molar-refractivity contribution in [3.05, 3.63) is 28.6 Å². The van der Waals surface area contributed by atoms with E-state index >= 15 is 0 Å². The average molecular weight is 333 g/mol. The van der Waals surface area contributed by atoms with Crippen LogP contribution in [0.5, 0.6) is 5.75 Å². The molecule has 122 valence electrons. The lowest BCUT2D eigenvalue weighted by molar-refractivity contribution is -0.143. The Morgan fingerprint density at radius 1 is 1.35 bits per heavy atom. The molecule has 0 spiro atoms. The van der Waals surface area contributed by atoms with E-state index in [0.717, 1.165) is 34.2 Å². The van der Waals surface area contributed by atoms with Gasteiger partial charge in [0.25, 0.3) is 5.91 Å². The molecule has 1 fully saturated rings. The number of methoxy groups -OCH3 is 1. The van der Waals surface area contributed by atoms with Crippen molar-refractivity contribution in [3.8, 4) is 5.75 Å². The lowest BCUT2D eigenvalue weighted by Gasteiger charge is -2.32. The highest BCUT2D eigenvalue weighted by molar-refractivity contribution is 7.21. The number of rotatable bonds is 3. The van der Waals surface area contributed by atoms with E-state index in [1.165, 1.54) is 16.2 Å². The third-order valence-corrected chi connectivity index (χ3v) is 5.65. The molecule has 0 saturated carbocycles. The SMILES string of the molecule is COc1ccc2sc(C(=O)N3CCCC[C@@H]3C(=O)O)c(C)c2c1. The molecular weight excluding hydrogens is 314 g/mol. The number of likely N-dealkylation sites (tertiary alicyclic amines) is 1. The first-order valence-electron chi connectivity index (χ1n) is 7.64. The maximum Gasteiger partial charge on any atom is 0.326 e. The summed E-state index contributed by atoms with van der Waals surface area (Å²) >= 11 is 1.42. The Balaban J connectivity index is 2.00. The van der Waals surface area contributed by atoms with Crippen LogP contribution in [0.25, 0.3) is 10.1 Å². The summed E-state index contributed by atoms with van der Waals surface area (Å²) < 4.78 is 6.25. The van der Waals surface area contributed by atoms with Crippen LogP contribution in [0.15, 0.2) is 18.2 Å². The molecule has 1 aliphatic rings. The van der Waals surface area contributed by atoms with Gasteiger partial charge in [-0.15, -0.1) is 11.3 Å². The Bertz CT molecular complexity index is 767. The van der Waals surface area contributed by atoms with Gasteiger partial charge in [0.1, 0.15) is 11.8 Å². The molecule has 1 saturated heterocycles. The molecule has 6 heteroatoms. The van der Waals surface area contributed by atoms with Crippen molar-refractivity contribution in [1.82, 2.24) is 4.90 Å². The summed E-state index contributed by atoms with van der Waals surface area (Å²) in [5.41, 5.74) is 0.892. The monoisotopic (exact) mass is 333 g/mol. The average Bonchev–Trinajstić information content (AvgIpc) is 2.90. The first-order valence-corrected chi connectivity index (χ1v) is 8.45. The molecule has 0 aliphatic carbocycles. The molecule has 23 heavy (non-hydrogen) atoms. The Morgan fingerprint density at radius 2 is 2.13 bits per heavy atom. The van der Waals surface area contributed by atoms with E-state index in [1.54, 1.807) is 7.11 Å². The van der Waals surface area contributed by atoms with Gasteiger partial charge in [0.05, 0.1) is 12.0 Å². The van der Waals surface area contributed by atoms with Crippen molar-refractivity contribution >= 4 is 33.3 Å². The van der Waals surface area contributed by atoms with Crippen LogP contribution in [0, 0.1) is 6.92 Å². The van der Waals surface area contributed by atoms with E-state index in [0.29, 0.717) is 17.8 Å². The van der Waals surface area contributed by atoms with Gasteiger partial charge in [-0.3, -0.25) is 4.79 Å². The molecule has 2 heterocycles. The van der Waals surface area contributed by atoms with Crippen molar-refractivity contribution in [3.63, 3.8) is 0 Å². The number of fused-ring (bicyclic) bond motifs is 1. The van der Waals surface area contributed by atoms with Crippen molar-refractivity contribution in [2.24, 2.45) is 0 Å². The fourth-order valence-electron chi connectivity index (χ4n) is 3.09. The Morgan fingerprint density at radius 3 is 2.83 bits per heavy atom. The second-order valence-electron chi connectivity index (χ2n) is 5.77. The van der Waals surface area contributed by atoms with Crippen molar-refractivity contribution in [2.75, 3.05) is 13.7 Å². The first kappa shape index (κ1) is 15.8. The molecule has 1 aliphatic heterocycles. The van der Waals surface area contributed by atoms with E-state index in [9.17, 15) is 14.7 Å². The molecular formula is C17H19NO4S. The van der Waals surface area contributed by atoms with Gasteiger partial charge < -0.3 is 14.7 Å². The molecule has 5 nitrogen and oxygen atoms in total. The van der Waals surface area contributed by atoms with E-state index in [-0.39, 0.29) is 5.91 Å². The van der Waals surface area contributed by atoms with Crippen LogP contribution in [-0.4, -0.2) is 41.6 Å². The number of hydrogen-bond acceptors (Lipinski definition) is 4. The summed E-state index contributed by atoms with van der Waals surface area (Å²) in [6.45, 7) is 2.41. The number of nitrogens with zero attached hydrogens (tertiary/aromatic N) is 1. The normalized spacial score (nSPS) is 18.2. The number of aliphatic carboxylic acids is 1. The van der Waals surface area contributed by atoms with Gasteiger partial charge in [-0.1, -0.05) is 0 Å². The van der Waals surface area contributed by atoms with E-state index in [4.69, 9.17) is 4.74 Å². The molecule has 3 rings (SSSR count). The largest absolute Gasteiger partial charge is 0.497 e. The summed E-state index contributed by atoms with van der Waals surface area (Å²) in [6, 6.07) is 5.01. The van der Waals surface area contributed by atoms with Crippen molar-refractivity contribution in [2.45, 2.75) is 32.2 Å². The van der Waals surface area contributed by atoms with Crippen molar-refractivity contribution in [1.29, 1.82) is 0 Å². The molecule has 2 aromatic rings. The maximum absolute atomic E-state index is 12.9. The Kier molecular flexibility index (Phi) is 4.26. The molecule has 1 N–H and O–H groups in total. The number of carbonyl (C=O) groups excluding carboxylic acids is 1. The number of thiophene rings is 1. The maximum atomic E-state index is 12.9. The predicted molar refractivity (Wildman–Crippen MR) is 89.4 cm³/mol. The number of benzene rings is 1. The van der Waals surface area contributed by atoms with Gasteiger partial charge >= 0.3 is 5.97 Å². The number of ether oxygens (including phenoxy) is 1. The fraction of sp³-hybridized carbons (Fsp3) is 0.412. The number of carbonyl (C=O) groups is 2. The summed E-state index contributed by atoms with van der Waals surface area (Å²) in [6.07, 6.45) is 2.23. The molecule has 0 bridgehead atoms. The summed E-state index contributed by atoms with van der Waals surface area (Å²) in [5, 5.41) is 10.4. The van der Waals surface area contributed by atoms with Crippen LogP contribution < -0.4 is 4.74 Å². The molecule has 1 aromatic carbocycles. The van der Waals surface area contributed by atoms with E-state index in [2.05, 4.69) is 0 Å². The van der Waals surface area contributed by atoms with Gasteiger partial charge in [-0.25, -0.2) is 4.79 Å². The quantitative estimate of drug-likeness (QED) is 0.936. The predicted octanol–water partition coefficient (Wildman–Crippen LogP) is 3.30. The fourth-order valence-corrected chi connectivity index (χ4v) is 4.24. The second kappa shape index (κ2) is 6.20. The van der Waals surface area contributed by atoms with Gasteiger partial charge in [-0.05, 0) is 55.3 Å². The highest BCUT2D eigenvalue weighted by atomic mass is 32.1. The molecule has 1 amide bonds. The van der Waals surface area contributed by atoms with E-state index < -0.39 is 12.0 Å². The number of carboxylic acid groups (broad SMARTS) is 1. The van der Waals surface area contributed by atoms with Crippen molar-refractivity contribution < 1.29 is 19.4 Å². The zero-order chi connectivity index (χ0) is 16.6. The smallest absolute Gasteiger partial charge is 0.326 e. The van der Waals surface area contributed by atoms with Crippen LogP contribution in [0.2, 0.25) is 0 Å². The highest BCUT2D eigenvalue weighted by Crippen LogP contribution is 2.35. The zero-order valence-corrected chi connectivity index (χ0v) is 14.0. The number of hydrogen-bond donors (Lipinski definition) is 1. The standard InChI is InChI=1S/C17H19NO4S/c1-10-12-9-11(22-2)6-7-14(12)23-15(10)16(19)18-8-4-3-5-13(18)17(20)21/h6-7,9,13H,3-5,8H2,1-2H3,(H,20,21)/t13-/m1/s1. The van der Waals surface area contributed by atoms with Crippen LogP contribution in [0.4, 0.5) is 0 Å². The molecule has 1 aromatic heterocycles. The van der Waals surface area contributed by atoms with Gasteiger partial charge in [-0.2, -0.15) is 0 Å². The lowest BCUT2D eigenvalue weighted by Crippen LogP contribution is -2.47. The minimum absolute atomic E-state index is 0.172. The first-order chi connectivity index (χ1) is 11.0. The minimum Gasteiger partial charge on any atom is -0.497 e. The van der Waals surface area contributed by atoms with Crippen LogP contribution in [-0.2, 0) is 4.79 Å². The van der Waals surface area contributed by atoms with Gasteiger partial charge in [0.15, 0.2) is 0 Å². The lowest BCUT2D eigenvalue weighted by atomic mass is 10.0. The van der Waals surface area contributed by atoms with Crippen LogP contribution >= 0.6 is 11.3 Å². The highest BCUT2D eigenvalue weighted by Gasteiger charge is 2.33. The van der Waals surface area contributed by atoms with Gasteiger partial charge in [0.2, 0.25) is 0 Å². The number of carboxylic acids is 1. The Labute approximate surface area is 138 Å². The minimum atomic E-state index is -0.918. The molecule has 1 atom stereocenters. The topological polar surface area (TPSA) is 66.8 Å². The summed E-state index contributed by atoms with van der Waals surface area (Å²) in [5.74, 6) is -0.341. The number of amides is 1. The summed E-state index contributed by atoms with van der Waals surface area (Å²) in [7, 11) is 1.61. The van der Waals surface area contributed by atoms with Gasteiger partial charge in [0, 0.05) is 11.2 Å². The Hall–Kier alpha value is -2.08. The number of aryl methyl sites for hydroxylation is 1. The summed E-state index contributed by atoms with van der Waals surface area (Å²) in [4.78, 5) is 26.5.